The second-order valence-corrected chi connectivity index (χ2v) is 6.83. The number of carbonyl (C=O) groups is 1. The van der Waals surface area contributed by atoms with E-state index in [4.69, 9.17) is 4.42 Å². The van der Waals surface area contributed by atoms with E-state index >= 15 is 0 Å². The quantitative estimate of drug-likeness (QED) is 0.923. The fourth-order valence-electron chi connectivity index (χ4n) is 2.56. The summed E-state index contributed by atoms with van der Waals surface area (Å²) >= 11 is 0. The van der Waals surface area contributed by atoms with E-state index in [1.807, 2.05) is 0 Å². The van der Waals surface area contributed by atoms with Crippen molar-refractivity contribution in [1.82, 2.24) is 4.72 Å². The molecule has 0 aliphatic carbocycles. The molecule has 0 bridgehead atoms. The Labute approximate surface area is 132 Å². The zero-order chi connectivity index (χ0) is 16.4. The number of carbonyl (C=O) groups excluding carboxylic acids is 1. The van der Waals surface area contributed by atoms with Crippen molar-refractivity contribution in [2.24, 2.45) is 0 Å². The summed E-state index contributed by atoms with van der Waals surface area (Å²) in [5.41, 5.74) is 0.152. The van der Waals surface area contributed by atoms with Crippen LogP contribution in [0.5, 0.6) is 0 Å². The lowest BCUT2D eigenvalue weighted by molar-refractivity contribution is -0.121. The van der Waals surface area contributed by atoms with Gasteiger partial charge in [0.1, 0.15) is 11.9 Å². The second kappa shape index (κ2) is 6.13. The molecule has 23 heavy (non-hydrogen) atoms. The highest BCUT2D eigenvalue weighted by Gasteiger charge is 2.34. The van der Waals surface area contributed by atoms with Gasteiger partial charge in [0.25, 0.3) is 10.0 Å². The van der Waals surface area contributed by atoms with Crippen molar-refractivity contribution < 1.29 is 22.0 Å². The summed E-state index contributed by atoms with van der Waals surface area (Å²) < 4.78 is 45.4. The largest absolute Gasteiger partial charge is 0.452 e. The molecular formula is C15H15FN2O4S. The van der Waals surface area contributed by atoms with Gasteiger partial charge in [0.2, 0.25) is 11.0 Å². The summed E-state index contributed by atoms with van der Waals surface area (Å²) in [6.07, 6.45) is 2.15. The van der Waals surface area contributed by atoms with E-state index in [9.17, 15) is 17.6 Å². The van der Waals surface area contributed by atoms with Crippen molar-refractivity contribution in [3.8, 4) is 0 Å². The summed E-state index contributed by atoms with van der Waals surface area (Å²) in [6.45, 7) is 0.346. The molecule has 3 rings (SSSR count). The van der Waals surface area contributed by atoms with Gasteiger partial charge in [0.15, 0.2) is 0 Å². The molecule has 1 aliphatic heterocycles. The van der Waals surface area contributed by atoms with Crippen LogP contribution in [0.25, 0.3) is 0 Å². The van der Waals surface area contributed by atoms with Crippen LogP contribution in [0.1, 0.15) is 12.8 Å². The van der Waals surface area contributed by atoms with Gasteiger partial charge in [-0.15, -0.1) is 0 Å². The minimum atomic E-state index is -3.92. The first kappa shape index (κ1) is 15.7. The number of amides is 1. The van der Waals surface area contributed by atoms with E-state index in [1.54, 1.807) is 6.07 Å². The lowest BCUT2D eigenvalue weighted by atomic mass is 10.0. The molecule has 2 heterocycles. The number of para-hydroxylation sites is 1. The molecule has 0 spiro atoms. The van der Waals surface area contributed by atoms with Crippen molar-refractivity contribution in [3.05, 3.63) is 48.5 Å². The molecule has 1 saturated heterocycles. The standard InChI is InChI=1S/C15H15FN2O4S/c16-11-5-1-2-7-13(11)18-9-3-6-12(15(18)19)17-23(20,21)14-8-4-10-22-14/h1-2,4-5,7-8,10,12,17H,3,6,9H2. The summed E-state index contributed by atoms with van der Waals surface area (Å²) in [7, 11) is -3.92. The van der Waals surface area contributed by atoms with Crippen molar-refractivity contribution in [1.29, 1.82) is 0 Å². The molecule has 0 saturated carbocycles. The zero-order valence-electron chi connectivity index (χ0n) is 12.1. The molecule has 0 radical (unpaired) electrons. The number of hydrogen-bond acceptors (Lipinski definition) is 4. The average Bonchev–Trinajstić information content (AvgIpc) is 3.05. The Bertz CT molecular complexity index is 805. The van der Waals surface area contributed by atoms with Crippen LogP contribution >= 0.6 is 0 Å². The topological polar surface area (TPSA) is 79.6 Å². The predicted octanol–water partition coefficient (Wildman–Crippen LogP) is 1.89. The average molecular weight is 338 g/mol. The highest BCUT2D eigenvalue weighted by atomic mass is 32.2. The molecule has 1 aliphatic rings. The lowest BCUT2D eigenvalue weighted by Gasteiger charge is -2.32. The third kappa shape index (κ3) is 3.13. The van der Waals surface area contributed by atoms with Crippen molar-refractivity contribution in [3.63, 3.8) is 0 Å². The number of rotatable bonds is 4. The molecule has 1 atom stereocenters. The Morgan fingerprint density at radius 3 is 2.70 bits per heavy atom. The number of halogens is 1. The summed E-state index contributed by atoms with van der Waals surface area (Å²) in [6, 6.07) is 7.72. The molecule has 8 heteroatoms. The minimum absolute atomic E-state index is 0.152. The van der Waals surface area contributed by atoms with Gasteiger partial charge in [0, 0.05) is 6.54 Å². The predicted molar refractivity (Wildman–Crippen MR) is 80.8 cm³/mol. The SMILES string of the molecule is O=C1C(NS(=O)(=O)c2ccco2)CCCN1c1ccccc1F. The van der Waals surface area contributed by atoms with Crippen LogP contribution in [0.4, 0.5) is 10.1 Å². The number of sulfonamides is 1. The van der Waals surface area contributed by atoms with Crippen LogP contribution in [0.2, 0.25) is 0 Å². The Morgan fingerprint density at radius 1 is 1.22 bits per heavy atom. The van der Waals surface area contributed by atoms with Crippen LogP contribution in [0, 0.1) is 5.82 Å². The summed E-state index contributed by atoms with van der Waals surface area (Å²) in [5.74, 6) is -0.994. The molecule has 2 aromatic rings. The fraction of sp³-hybridized carbons (Fsp3) is 0.267. The number of nitrogens with one attached hydrogen (secondary N) is 1. The maximum absolute atomic E-state index is 13.9. The van der Waals surface area contributed by atoms with E-state index in [0.717, 1.165) is 0 Å². The van der Waals surface area contributed by atoms with Crippen LogP contribution in [-0.4, -0.2) is 26.9 Å². The van der Waals surface area contributed by atoms with Crippen LogP contribution < -0.4 is 9.62 Å². The number of piperidine rings is 1. The van der Waals surface area contributed by atoms with Crippen LogP contribution in [0.15, 0.2) is 52.2 Å². The van der Waals surface area contributed by atoms with Gasteiger partial charge in [-0.2, -0.15) is 4.72 Å². The molecule has 1 N–H and O–H groups in total. The zero-order valence-corrected chi connectivity index (χ0v) is 12.9. The van der Waals surface area contributed by atoms with Gasteiger partial charge in [-0.05, 0) is 37.1 Å². The first-order valence-electron chi connectivity index (χ1n) is 7.11. The third-order valence-corrected chi connectivity index (χ3v) is 5.00. The Kier molecular flexibility index (Phi) is 4.18. The Morgan fingerprint density at radius 2 is 2.00 bits per heavy atom. The fourth-order valence-corrected chi connectivity index (χ4v) is 3.71. The van der Waals surface area contributed by atoms with E-state index in [1.165, 1.54) is 41.5 Å². The van der Waals surface area contributed by atoms with Gasteiger partial charge in [-0.1, -0.05) is 12.1 Å². The highest BCUT2D eigenvalue weighted by molar-refractivity contribution is 7.89. The normalized spacial score (nSPS) is 19.1. The van der Waals surface area contributed by atoms with Gasteiger partial charge < -0.3 is 9.32 Å². The monoisotopic (exact) mass is 338 g/mol. The number of benzene rings is 1. The smallest absolute Gasteiger partial charge is 0.274 e. The van der Waals surface area contributed by atoms with E-state index in [0.29, 0.717) is 19.4 Å². The summed E-state index contributed by atoms with van der Waals surface area (Å²) in [5, 5.41) is -0.256. The molecule has 122 valence electrons. The van der Waals surface area contributed by atoms with E-state index in [2.05, 4.69) is 4.72 Å². The Hall–Kier alpha value is -2.19. The van der Waals surface area contributed by atoms with Crippen LogP contribution in [0.3, 0.4) is 0 Å². The maximum atomic E-state index is 13.9. The molecule has 1 fully saturated rings. The minimum Gasteiger partial charge on any atom is -0.452 e. The van der Waals surface area contributed by atoms with Gasteiger partial charge in [-0.25, -0.2) is 12.8 Å². The number of anilines is 1. The number of hydrogen-bond donors (Lipinski definition) is 1. The maximum Gasteiger partial charge on any atom is 0.274 e. The van der Waals surface area contributed by atoms with Gasteiger partial charge >= 0.3 is 0 Å². The Balaban J connectivity index is 1.82. The first-order valence-corrected chi connectivity index (χ1v) is 8.59. The van der Waals surface area contributed by atoms with Crippen LogP contribution in [-0.2, 0) is 14.8 Å². The van der Waals surface area contributed by atoms with Crippen molar-refractivity contribution in [2.75, 3.05) is 11.4 Å². The lowest BCUT2D eigenvalue weighted by Crippen LogP contribution is -2.52. The van der Waals surface area contributed by atoms with E-state index < -0.39 is 27.8 Å². The van der Waals surface area contributed by atoms with Crippen molar-refractivity contribution >= 4 is 21.6 Å². The molecular weight excluding hydrogens is 323 g/mol. The number of nitrogens with zero attached hydrogens (tertiary/aromatic N) is 1. The molecule has 1 aromatic heterocycles. The molecule has 1 amide bonds. The molecule has 1 aromatic carbocycles. The van der Waals surface area contributed by atoms with E-state index in [-0.39, 0.29) is 10.8 Å². The van der Waals surface area contributed by atoms with Crippen molar-refractivity contribution in [2.45, 2.75) is 24.0 Å². The highest BCUT2D eigenvalue weighted by Crippen LogP contribution is 2.24. The van der Waals surface area contributed by atoms with Gasteiger partial charge in [-0.3, -0.25) is 4.79 Å². The molecule has 1 unspecified atom stereocenters. The number of furan rings is 1. The molecule has 6 nitrogen and oxygen atoms in total. The third-order valence-electron chi connectivity index (χ3n) is 3.64. The first-order chi connectivity index (χ1) is 11.0. The summed E-state index contributed by atoms with van der Waals surface area (Å²) in [4.78, 5) is 13.8. The van der Waals surface area contributed by atoms with Gasteiger partial charge in [0.05, 0.1) is 12.0 Å². The second-order valence-electron chi connectivity index (χ2n) is 5.19.